The van der Waals surface area contributed by atoms with E-state index >= 15 is 0 Å². The summed E-state index contributed by atoms with van der Waals surface area (Å²) in [4.78, 5) is 27.1. The van der Waals surface area contributed by atoms with Crippen molar-refractivity contribution < 1.29 is 43.9 Å². The molecule has 1 aromatic rings. The summed E-state index contributed by atoms with van der Waals surface area (Å²) >= 11 is 0. The maximum atomic E-state index is 13.2. The van der Waals surface area contributed by atoms with Crippen LogP contribution in [0, 0.1) is 5.92 Å². The van der Waals surface area contributed by atoms with Crippen LogP contribution in [0.15, 0.2) is 30.3 Å². The van der Waals surface area contributed by atoms with Crippen LogP contribution in [0.5, 0.6) is 0 Å². The molecule has 0 radical (unpaired) electrons. The molecule has 0 saturated carbocycles. The summed E-state index contributed by atoms with van der Waals surface area (Å²) in [5, 5.41) is 30.0. The van der Waals surface area contributed by atoms with E-state index in [9.17, 15) is 14.7 Å². The second-order valence-electron chi connectivity index (χ2n) is 13.2. The van der Waals surface area contributed by atoms with Crippen molar-refractivity contribution >= 4 is 12.0 Å². The fraction of sp³-hybridized carbons (Fsp3) is 0.784. The third-order valence-electron chi connectivity index (χ3n) is 9.54. The van der Waals surface area contributed by atoms with E-state index in [1.54, 1.807) is 6.92 Å². The number of amides is 2. The summed E-state index contributed by atoms with van der Waals surface area (Å²) < 4.78 is 22.6. The lowest BCUT2D eigenvalue weighted by molar-refractivity contribution is -0.158. The van der Waals surface area contributed by atoms with Gasteiger partial charge in [0.1, 0.15) is 0 Å². The Morgan fingerprint density at radius 3 is 2.35 bits per heavy atom. The maximum Gasteiger partial charge on any atom is 0.404 e. The predicted octanol–water partition coefficient (Wildman–Crippen LogP) is 4.01. The lowest BCUT2D eigenvalue weighted by Crippen LogP contribution is -2.55. The van der Waals surface area contributed by atoms with Crippen molar-refractivity contribution in [2.24, 2.45) is 5.92 Å². The largest absolute Gasteiger partial charge is 0.465 e. The summed E-state index contributed by atoms with van der Waals surface area (Å²) in [6.45, 7) is 12.2. The van der Waals surface area contributed by atoms with Crippen LogP contribution in [0.1, 0.15) is 84.1 Å². The number of benzene rings is 1. The van der Waals surface area contributed by atoms with Gasteiger partial charge in [0.05, 0.1) is 18.2 Å². The normalized spacial score (nSPS) is 24.8. The predicted molar refractivity (Wildman–Crippen MR) is 190 cm³/mol. The first kappa shape index (κ1) is 42.8. The second kappa shape index (κ2) is 24.8. The Labute approximate surface area is 294 Å². The molecule has 5 atom stereocenters. The van der Waals surface area contributed by atoms with E-state index < -0.39 is 6.09 Å². The van der Waals surface area contributed by atoms with Crippen molar-refractivity contribution in [1.82, 2.24) is 15.5 Å². The van der Waals surface area contributed by atoms with E-state index in [2.05, 4.69) is 22.5 Å². The number of carboxylic acid groups (broad SMARTS) is 1. The van der Waals surface area contributed by atoms with Crippen LogP contribution in [-0.2, 0) is 30.2 Å². The van der Waals surface area contributed by atoms with Crippen molar-refractivity contribution in [3.63, 3.8) is 0 Å². The molecule has 4 aliphatic heterocycles. The number of hydrogen-bond acceptors (Lipinski definition) is 9. The molecule has 5 rings (SSSR count). The Balaban J connectivity index is 0.000000655. The molecular formula is C37H65N3O9. The van der Waals surface area contributed by atoms with E-state index in [1.165, 1.54) is 6.42 Å². The minimum absolute atomic E-state index is 0.0727. The van der Waals surface area contributed by atoms with E-state index in [0.717, 1.165) is 90.0 Å². The highest BCUT2D eigenvalue weighted by molar-refractivity contribution is 5.84. The van der Waals surface area contributed by atoms with E-state index in [1.807, 2.05) is 37.3 Å². The molecule has 4 unspecified atom stereocenters. The fourth-order valence-electron chi connectivity index (χ4n) is 6.89. The number of aliphatic hydroxyl groups is 2. The monoisotopic (exact) mass is 695 g/mol. The van der Waals surface area contributed by atoms with E-state index in [-0.39, 0.29) is 42.3 Å². The SMILES string of the molecule is CC1CCOC1.CCO.CCOCCC[C@@H]1CC(N(CCC(Cc2ccccc2)NC(=O)O)C2CCC3(CCOCC3)OC2)C(=O)N1.CO. The topological polar surface area (TPSA) is 159 Å². The average Bonchev–Trinajstić information content (AvgIpc) is 3.74. The van der Waals surface area contributed by atoms with Crippen molar-refractivity contribution in [2.75, 3.05) is 66.5 Å². The standard InChI is InChI=1S/C29H45N3O6.C5H10O.C2H6O.CH4O/c1-2-36-16-6-9-23-20-26(27(33)30-23)32(25-10-12-29(38-21-25)13-17-37-18-14-29)15-11-24(31-28(34)35)19-22-7-4-3-5-8-22;1-5-2-3-6-4-5;1-2-3;1-2/h3-5,7-8,23-26,31H,2,6,9-21H2,1H3,(H,30,33)(H,34,35);5H,2-4H2,1H3;3H,2H2,1H3;2H,1H3/t23-,24?,25?,26?;;;/m1.../s1. The minimum Gasteiger partial charge on any atom is -0.465 e. The van der Waals surface area contributed by atoms with Crippen LogP contribution in [0.2, 0.25) is 0 Å². The number of carbonyl (C=O) groups is 2. The Kier molecular flexibility index (Phi) is 21.7. The Morgan fingerprint density at radius 1 is 1.08 bits per heavy atom. The molecule has 4 fully saturated rings. The maximum absolute atomic E-state index is 13.2. The summed E-state index contributed by atoms with van der Waals surface area (Å²) in [5.41, 5.74) is 0.995. The van der Waals surface area contributed by atoms with Gasteiger partial charge in [-0.3, -0.25) is 9.69 Å². The fourth-order valence-corrected chi connectivity index (χ4v) is 6.89. The smallest absolute Gasteiger partial charge is 0.404 e. The van der Waals surface area contributed by atoms with Gasteiger partial charge in [0.25, 0.3) is 0 Å². The van der Waals surface area contributed by atoms with Gasteiger partial charge < -0.3 is 44.9 Å². The van der Waals surface area contributed by atoms with Crippen LogP contribution in [0.25, 0.3) is 0 Å². The molecule has 0 bridgehead atoms. The zero-order chi connectivity index (χ0) is 35.9. The Hall–Kier alpha value is -2.32. The van der Waals surface area contributed by atoms with Crippen LogP contribution in [-0.4, -0.2) is 128 Å². The quantitative estimate of drug-likeness (QED) is 0.191. The number of nitrogens with one attached hydrogen (secondary N) is 2. The van der Waals surface area contributed by atoms with Gasteiger partial charge in [0.2, 0.25) is 5.91 Å². The molecule has 1 aromatic carbocycles. The summed E-state index contributed by atoms with van der Waals surface area (Å²) in [6.07, 6.45) is 7.84. The van der Waals surface area contributed by atoms with Crippen molar-refractivity contribution in [3.8, 4) is 0 Å². The van der Waals surface area contributed by atoms with Crippen LogP contribution in [0.4, 0.5) is 4.79 Å². The van der Waals surface area contributed by atoms with Gasteiger partial charge in [0, 0.05) is 78.0 Å². The third kappa shape index (κ3) is 16.1. The van der Waals surface area contributed by atoms with E-state index in [4.69, 9.17) is 29.2 Å². The molecular weight excluding hydrogens is 630 g/mol. The zero-order valence-electron chi connectivity index (χ0n) is 30.4. The molecule has 12 nitrogen and oxygen atoms in total. The summed E-state index contributed by atoms with van der Waals surface area (Å²) in [7, 11) is 1.00. The molecule has 5 N–H and O–H groups in total. The number of carbonyl (C=O) groups excluding carboxylic acids is 1. The summed E-state index contributed by atoms with van der Waals surface area (Å²) in [6, 6.07) is 9.74. The molecule has 49 heavy (non-hydrogen) atoms. The lowest BCUT2D eigenvalue weighted by atomic mass is 9.84. The van der Waals surface area contributed by atoms with Crippen LogP contribution < -0.4 is 10.6 Å². The highest BCUT2D eigenvalue weighted by atomic mass is 16.5. The van der Waals surface area contributed by atoms with Gasteiger partial charge in [-0.1, -0.05) is 37.3 Å². The molecule has 12 heteroatoms. The first-order valence-corrected chi connectivity index (χ1v) is 18.3. The second-order valence-corrected chi connectivity index (χ2v) is 13.2. The molecule has 2 amide bonds. The van der Waals surface area contributed by atoms with E-state index in [0.29, 0.717) is 39.2 Å². The molecule has 0 aliphatic carbocycles. The first-order chi connectivity index (χ1) is 23.8. The minimum atomic E-state index is -1.02. The number of hydrogen-bond donors (Lipinski definition) is 5. The van der Waals surface area contributed by atoms with Crippen LogP contribution in [0.3, 0.4) is 0 Å². The highest BCUT2D eigenvalue weighted by Gasteiger charge is 2.44. The number of rotatable bonds is 13. The molecule has 4 heterocycles. The van der Waals surface area contributed by atoms with Gasteiger partial charge in [-0.05, 0) is 89.5 Å². The van der Waals surface area contributed by atoms with Crippen molar-refractivity contribution in [3.05, 3.63) is 35.9 Å². The lowest BCUT2D eigenvalue weighted by Gasteiger charge is -2.46. The van der Waals surface area contributed by atoms with Gasteiger partial charge in [-0.2, -0.15) is 0 Å². The highest BCUT2D eigenvalue weighted by Crippen LogP contribution is 2.36. The molecule has 1 spiro atoms. The number of aliphatic hydroxyl groups excluding tert-OH is 2. The molecule has 0 aromatic heterocycles. The zero-order valence-corrected chi connectivity index (χ0v) is 30.4. The third-order valence-corrected chi connectivity index (χ3v) is 9.54. The van der Waals surface area contributed by atoms with Crippen LogP contribution >= 0.6 is 0 Å². The first-order valence-electron chi connectivity index (χ1n) is 18.3. The number of ether oxygens (including phenoxy) is 4. The Bertz CT molecular complexity index is 996. The molecule has 4 aliphatic rings. The van der Waals surface area contributed by atoms with Crippen molar-refractivity contribution in [2.45, 2.75) is 115 Å². The van der Waals surface area contributed by atoms with Gasteiger partial charge in [0.15, 0.2) is 0 Å². The van der Waals surface area contributed by atoms with Gasteiger partial charge in [-0.15, -0.1) is 0 Å². The van der Waals surface area contributed by atoms with Gasteiger partial charge in [-0.25, -0.2) is 4.79 Å². The molecule has 4 saturated heterocycles. The van der Waals surface area contributed by atoms with Gasteiger partial charge >= 0.3 is 6.09 Å². The summed E-state index contributed by atoms with van der Waals surface area (Å²) in [5.74, 6) is 0.897. The number of nitrogens with zero attached hydrogens (tertiary/aromatic N) is 1. The Morgan fingerprint density at radius 2 is 1.80 bits per heavy atom. The average molecular weight is 696 g/mol. The molecule has 282 valence electrons. The van der Waals surface area contributed by atoms with Crippen molar-refractivity contribution in [1.29, 1.82) is 0 Å².